The molecule has 1 saturated heterocycles. The second kappa shape index (κ2) is 5.65. The van der Waals surface area contributed by atoms with Crippen LogP contribution in [0.3, 0.4) is 0 Å². The molecule has 0 spiro atoms. The zero-order valence-electron chi connectivity index (χ0n) is 13.2. The van der Waals surface area contributed by atoms with E-state index < -0.39 is 0 Å². The monoisotopic (exact) mass is 304 g/mol. The maximum atomic E-state index is 12.7. The molecule has 6 nitrogen and oxygen atoms in total. The number of hydrogen-bond acceptors (Lipinski definition) is 4. The number of carbonyl (C=O) groups is 1. The van der Waals surface area contributed by atoms with Crippen LogP contribution in [0.15, 0.2) is 0 Å². The standard InChI is InChI=1S/C16H24N4O2/c1-22-14(11-6-7-11)16(21)19-8-2-4-12(10-19)15-18-17-13-5-3-9-20(13)15/h11-12,14H,2-10H2,1H3/t12-,14-/m1/s1. The van der Waals surface area contributed by atoms with Gasteiger partial charge in [-0.15, -0.1) is 10.2 Å². The number of aryl methyl sites for hydroxylation is 1. The number of nitrogens with zero attached hydrogens (tertiary/aromatic N) is 4. The number of hydrogen-bond donors (Lipinski definition) is 0. The quantitative estimate of drug-likeness (QED) is 0.842. The van der Waals surface area contributed by atoms with Crippen LogP contribution in [0.4, 0.5) is 0 Å². The molecule has 0 aromatic carbocycles. The van der Waals surface area contributed by atoms with Crippen LogP contribution in [0, 0.1) is 5.92 Å². The summed E-state index contributed by atoms with van der Waals surface area (Å²) in [5.74, 6) is 3.15. The fourth-order valence-corrected chi connectivity index (χ4v) is 3.94. The van der Waals surface area contributed by atoms with Crippen molar-refractivity contribution in [1.29, 1.82) is 0 Å². The van der Waals surface area contributed by atoms with Crippen molar-refractivity contribution in [3.8, 4) is 0 Å². The van der Waals surface area contributed by atoms with Crippen LogP contribution in [0.1, 0.15) is 49.7 Å². The van der Waals surface area contributed by atoms with E-state index in [2.05, 4.69) is 14.8 Å². The van der Waals surface area contributed by atoms with Crippen LogP contribution in [0.5, 0.6) is 0 Å². The van der Waals surface area contributed by atoms with E-state index in [4.69, 9.17) is 4.74 Å². The van der Waals surface area contributed by atoms with Gasteiger partial charge in [0.2, 0.25) is 0 Å². The minimum Gasteiger partial charge on any atom is -0.371 e. The average molecular weight is 304 g/mol. The highest BCUT2D eigenvalue weighted by molar-refractivity contribution is 5.81. The summed E-state index contributed by atoms with van der Waals surface area (Å²) in [7, 11) is 1.66. The van der Waals surface area contributed by atoms with Crippen molar-refractivity contribution in [3.63, 3.8) is 0 Å². The number of aromatic nitrogens is 3. The van der Waals surface area contributed by atoms with Crippen molar-refractivity contribution in [3.05, 3.63) is 11.6 Å². The predicted molar refractivity (Wildman–Crippen MR) is 80.4 cm³/mol. The fraction of sp³-hybridized carbons (Fsp3) is 0.812. The van der Waals surface area contributed by atoms with Crippen LogP contribution in [0.2, 0.25) is 0 Å². The van der Waals surface area contributed by atoms with Crippen LogP contribution >= 0.6 is 0 Å². The smallest absolute Gasteiger partial charge is 0.251 e. The van der Waals surface area contributed by atoms with Crippen LogP contribution in [-0.2, 0) is 22.5 Å². The first-order chi connectivity index (χ1) is 10.8. The highest BCUT2D eigenvalue weighted by Gasteiger charge is 2.40. The lowest BCUT2D eigenvalue weighted by molar-refractivity contribution is -0.144. The minimum atomic E-state index is -0.233. The van der Waals surface area contributed by atoms with E-state index >= 15 is 0 Å². The molecule has 0 bridgehead atoms. The number of methoxy groups -OCH3 is 1. The van der Waals surface area contributed by atoms with Crippen molar-refractivity contribution in [2.75, 3.05) is 20.2 Å². The van der Waals surface area contributed by atoms with Gasteiger partial charge in [-0.1, -0.05) is 0 Å². The van der Waals surface area contributed by atoms with E-state index in [-0.39, 0.29) is 12.0 Å². The molecule has 0 unspecified atom stereocenters. The molecule has 22 heavy (non-hydrogen) atoms. The highest BCUT2D eigenvalue weighted by atomic mass is 16.5. The lowest BCUT2D eigenvalue weighted by atomic mass is 9.96. The first-order valence-corrected chi connectivity index (χ1v) is 8.51. The Labute approximate surface area is 130 Å². The van der Waals surface area contributed by atoms with Gasteiger partial charge in [0.1, 0.15) is 17.8 Å². The molecule has 6 heteroatoms. The van der Waals surface area contributed by atoms with E-state index in [1.807, 2.05) is 4.90 Å². The van der Waals surface area contributed by atoms with E-state index in [0.29, 0.717) is 11.8 Å². The Morgan fingerprint density at radius 1 is 1.23 bits per heavy atom. The Morgan fingerprint density at radius 3 is 2.86 bits per heavy atom. The number of likely N-dealkylation sites (tertiary alicyclic amines) is 1. The summed E-state index contributed by atoms with van der Waals surface area (Å²) in [4.78, 5) is 14.7. The van der Waals surface area contributed by atoms with Crippen molar-refractivity contribution >= 4 is 5.91 Å². The second-order valence-corrected chi connectivity index (χ2v) is 6.85. The molecule has 2 fully saturated rings. The summed E-state index contributed by atoms with van der Waals surface area (Å²) >= 11 is 0. The largest absolute Gasteiger partial charge is 0.371 e. The molecule has 2 aliphatic heterocycles. The highest BCUT2D eigenvalue weighted by Crippen LogP contribution is 2.36. The lowest BCUT2D eigenvalue weighted by Gasteiger charge is -2.34. The molecule has 1 aromatic heterocycles. The molecule has 1 amide bonds. The molecule has 1 aliphatic carbocycles. The lowest BCUT2D eigenvalue weighted by Crippen LogP contribution is -2.46. The van der Waals surface area contributed by atoms with E-state index in [1.165, 1.54) is 6.42 Å². The van der Waals surface area contributed by atoms with Gasteiger partial charge < -0.3 is 14.2 Å². The molecule has 0 N–H and O–H groups in total. The molecule has 3 heterocycles. The van der Waals surface area contributed by atoms with Gasteiger partial charge in [-0.3, -0.25) is 4.79 Å². The van der Waals surface area contributed by atoms with Crippen LogP contribution in [-0.4, -0.2) is 51.9 Å². The molecule has 4 rings (SSSR count). The van der Waals surface area contributed by atoms with E-state index in [1.54, 1.807) is 7.11 Å². The third-order valence-electron chi connectivity index (χ3n) is 5.28. The summed E-state index contributed by atoms with van der Waals surface area (Å²) in [6.45, 7) is 2.65. The normalized spacial score (nSPS) is 26.0. The van der Waals surface area contributed by atoms with Gasteiger partial charge in [-0.05, 0) is 38.0 Å². The topological polar surface area (TPSA) is 60.2 Å². The number of fused-ring (bicyclic) bond motifs is 1. The first kappa shape index (κ1) is 14.2. The van der Waals surface area contributed by atoms with Crippen LogP contribution < -0.4 is 0 Å². The number of amides is 1. The summed E-state index contributed by atoms with van der Waals surface area (Å²) in [6, 6.07) is 0. The Morgan fingerprint density at radius 2 is 2.09 bits per heavy atom. The van der Waals surface area contributed by atoms with Gasteiger partial charge in [0.25, 0.3) is 5.91 Å². The second-order valence-electron chi connectivity index (χ2n) is 6.85. The Balaban J connectivity index is 1.48. The Kier molecular flexibility index (Phi) is 3.64. The summed E-state index contributed by atoms with van der Waals surface area (Å²) < 4.78 is 7.74. The SMILES string of the molecule is CO[C@@H](C(=O)N1CCC[C@@H](c2nnc3n2CCC3)C1)C1CC1. The molecule has 2 atom stereocenters. The van der Waals surface area contributed by atoms with Crippen molar-refractivity contribution in [2.45, 2.75) is 57.1 Å². The molecule has 120 valence electrons. The van der Waals surface area contributed by atoms with Crippen molar-refractivity contribution in [1.82, 2.24) is 19.7 Å². The maximum Gasteiger partial charge on any atom is 0.251 e. The molecule has 3 aliphatic rings. The van der Waals surface area contributed by atoms with Gasteiger partial charge >= 0.3 is 0 Å². The van der Waals surface area contributed by atoms with Gasteiger partial charge in [-0.2, -0.15) is 0 Å². The van der Waals surface area contributed by atoms with Gasteiger partial charge in [0, 0.05) is 39.1 Å². The van der Waals surface area contributed by atoms with E-state index in [0.717, 1.165) is 63.4 Å². The summed E-state index contributed by atoms with van der Waals surface area (Å²) in [5, 5.41) is 8.73. The van der Waals surface area contributed by atoms with E-state index in [9.17, 15) is 4.79 Å². The molecular weight excluding hydrogens is 280 g/mol. The van der Waals surface area contributed by atoms with Gasteiger partial charge in [0.05, 0.1) is 0 Å². The first-order valence-electron chi connectivity index (χ1n) is 8.51. The fourth-order valence-electron chi connectivity index (χ4n) is 3.94. The van der Waals surface area contributed by atoms with Crippen LogP contribution in [0.25, 0.3) is 0 Å². The third kappa shape index (κ3) is 2.43. The minimum absolute atomic E-state index is 0.177. The van der Waals surface area contributed by atoms with Crippen molar-refractivity contribution in [2.24, 2.45) is 5.92 Å². The molecule has 1 saturated carbocycles. The zero-order valence-corrected chi connectivity index (χ0v) is 13.2. The average Bonchev–Trinajstić information content (AvgIpc) is 3.11. The third-order valence-corrected chi connectivity index (χ3v) is 5.28. The van der Waals surface area contributed by atoms with Crippen molar-refractivity contribution < 1.29 is 9.53 Å². The number of carbonyl (C=O) groups excluding carboxylic acids is 1. The van der Waals surface area contributed by atoms with Gasteiger partial charge in [-0.25, -0.2) is 0 Å². The zero-order chi connectivity index (χ0) is 15.1. The molecule has 1 aromatic rings. The number of ether oxygens (including phenoxy) is 1. The summed E-state index contributed by atoms with van der Waals surface area (Å²) in [5.41, 5.74) is 0. The molecular formula is C16H24N4O2. The Hall–Kier alpha value is -1.43. The maximum absolute atomic E-state index is 12.7. The van der Waals surface area contributed by atoms with Gasteiger partial charge in [0.15, 0.2) is 0 Å². The number of rotatable bonds is 4. The molecule has 0 radical (unpaired) electrons. The Bertz CT molecular complexity index is 566. The summed E-state index contributed by atoms with van der Waals surface area (Å²) in [6.07, 6.45) is 6.36. The number of piperidine rings is 1. The predicted octanol–water partition coefficient (Wildman–Crippen LogP) is 1.36.